The van der Waals surface area contributed by atoms with Crippen LogP contribution in [0.3, 0.4) is 0 Å². The lowest BCUT2D eigenvalue weighted by atomic mass is 10.1. The van der Waals surface area contributed by atoms with Crippen molar-refractivity contribution in [2.75, 3.05) is 5.73 Å². The molecule has 0 amide bonds. The van der Waals surface area contributed by atoms with E-state index in [2.05, 4.69) is 6.92 Å². The molecule has 0 aliphatic carbocycles. The van der Waals surface area contributed by atoms with E-state index in [1.807, 2.05) is 36.4 Å². The normalized spacial score (nSPS) is 10.6. The molecule has 2 aromatic rings. The van der Waals surface area contributed by atoms with Gasteiger partial charge in [0.25, 0.3) is 0 Å². The molecule has 1 aromatic heterocycles. The summed E-state index contributed by atoms with van der Waals surface area (Å²) in [5.74, 6) is 1.96. The van der Waals surface area contributed by atoms with E-state index in [1.54, 1.807) is 0 Å². The van der Waals surface area contributed by atoms with Gasteiger partial charge in [0.1, 0.15) is 11.5 Å². The van der Waals surface area contributed by atoms with Gasteiger partial charge >= 0.3 is 0 Å². The minimum atomic E-state index is 0.768. The molecule has 2 N–H and O–H groups in total. The Bertz CT molecular complexity index is 459. The maximum atomic E-state index is 5.77. The third kappa shape index (κ3) is 2.45. The highest BCUT2D eigenvalue weighted by Gasteiger charge is 2.04. The molecule has 0 spiro atoms. The first-order valence-electron chi connectivity index (χ1n) is 5.74. The minimum Gasteiger partial charge on any atom is -0.461 e. The first-order chi connectivity index (χ1) is 7.79. The van der Waals surface area contributed by atoms with Crippen molar-refractivity contribution in [3.8, 4) is 11.3 Å². The standard InChI is InChI=1S/C14H17NO/c1-2-3-7-13-8-9-14(16-13)11-5-4-6-12(15)10-11/h4-6,8-10H,2-3,7,15H2,1H3. The highest BCUT2D eigenvalue weighted by atomic mass is 16.3. The van der Waals surface area contributed by atoms with Gasteiger partial charge in [0.15, 0.2) is 0 Å². The van der Waals surface area contributed by atoms with Crippen molar-refractivity contribution < 1.29 is 4.42 Å². The molecular formula is C14H17NO. The monoisotopic (exact) mass is 215 g/mol. The lowest BCUT2D eigenvalue weighted by molar-refractivity contribution is 0.512. The first-order valence-corrected chi connectivity index (χ1v) is 5.74. The number of aryl methyl sites for hydroxylation is 1. The van der Waals surface area contributed by atoms with E-state index in [-0.39, 0.29) is 0 Å². The van der Waals surface area contributed by atoms with Gasteiger partial charge in [-0.2, -0.15) is 0 Å². The van der Waals surface area contributed by atoms with E-state index in [9.17, 15) is 0 Å². The Morgan fingerprint density at radius 1 is 1.19 bits per heavy atom. The quantitative estimate of drug-likeness (QED) is 0.786. The first kappa shape index (κ1) is 10.8. The highest BCUT2D eigenvalue weighted by Crippen LogP contribution is 2.24. The lowest BCUT2D eigenvalue weighted by Gasteiger charge is -1.99. The van der Waals surface area contributed by atoms with Crippen LogP contribution in [0.5, 0.6) is 0 Å². The highest BCUT2D eigenvalue weighted by molar-refractivity contribution is 5.62. The van der Waals surface area contributed by atoms with Crippen LogP contribution < -0.4 is 5.73 Å². The molecule has 0 bridgehead atoms. The molecule has 0 aliphatic rings. The molecule has 0 aliphatic heterocycles. The second kappa shape index (κ2) is 4.88. The number of rotatable bonds is 4. The summed E-state index contributed by atoms with van der Waals surface area (Å²) < 4.78 is 5.77. The van der Waals surface area contributed by atoms with Crippen molar-refractivity contribution in [2.24, 2.45) is 0 Å². The van der Waals surface area contributed by atoms with Crippen molar-refractivity contribution in [3.63, 3.8) is 0 Å². The van der Waals surface area contributed by atoms with Gasteiger partial charge in [-0.15, -0.1) is 0 Å². The average Bonchev–Trinajstić information content (AvgIpc) is 2.75. The van der Waals surface area contributed by atoms with Crippen LogP contribution >= 0.6 is 0 Å². The van der Waals surface area contributed by atoms with E-state index >= 15 is 0 Å². The van der Waals surface area contributed by atoms with Gasteiger partial charge in [-0.25, -0.2) is 0 Å². The fraction of sp³-hybridized carbons (Fsp3) is 0.286. The molecule has 0 fully saturated rings. The smallest absolute Gasteiger partial charge is 0.134 e. The Balaban J connectivity index is 2.18. The van der Waals surface area contributed by atoms with E-state index < -0.39 is 0 Å². The van der Waals surface area contributed by atoms with Crippen LogP contribution in [0.15, 0.2) is 40.8 Å². The second-order valence-corrected chi connectivity index (χ2v) is 3.99. The molecule has 1 aromatic carbocycles. The summed E-state index contributed by atoms with van der Waals surface area (Å²) in [6.07, 6.45) is 3.37. The summed E-state index contributed by atoms with van der Waals surface area (Å²) in [4.78, 5) is 0. The predicted molar refractivity (Wildman–Crippen MR) is 67.2 cm³/mol. The zero-order valence-electron chi connectivity index (χ0n) is 9.57. The Labute approximate surface area is 96.1 Å². The van der Waals surface area contributed by atoms with Gasteiger partial charge in [0, 0.05) is 17.7 Å². The minimum absolute atomic E-state index is 0.768. The summed E-state index contributed by atoms with van der Waals surface area (Å²) in [6, 6.07) is 11.8. The zero-order valence-corrected chi connectivity index (χ0v) is 9.57. The lowest BCUT2D eigenvalue weighted by Crippen LogP contribution is -1.84. The summed E-state index contributed by atoms with van der Waals surface area (Å²) in [7, 11) is 0. The van der Waals surface area contributed by atoms with Crippen LogP contribution in [0.25, 0.3) is 11.3 Å². The summed E-state index contributed by atoms with van der Waals surface area (Å²) in [5.41, 5.74) is 7.55. The zero-order chi connectivity index (χ0) is 11.4. The second-order valence-electron chi connectivity index (χ2n) is 3.99. The van der Waals surface area contributed by atoms with Gasteiger partial charge in [-0.1, -0.05) is 25.5 Å². The summed E-state index contributed by atoms with van der Waals surface area (Å²) in [5, 5.41) is 0. The molecule has 1 heterocycles. The Hall–Kier alpha value is -1.70. The van der Waals surface area contributed by atoms with E-state index in [0.29, 0.717) is 0 Å². The number of hydrogen-bond donors (Lipinski definition) is 1. The maximum absolute atomic E-state index is 5.77. The van der Waals surface area contributed by atoms with Crippen molar-refractivity contribution in [3.05, 3.63) is 42.2 Å². The third-order valence-corrected chi connectivity index (χ3v) is 2.61. The number of unbranched alkanes of at least 4 members (excludes halogenated alkanes) is 1. The fourth-order valence-corrected chi connectivity index (χ4v) is 1.71. The topological polar surface area (TPSA) is 39.2 Å². The van der Waals surface area contributed by atoms with Crippen molar-refractivity contribution in [1.29, 1.82) is 0 Å². The Morgan fingerprint density at radius 2 is 2.06 bits per heavy atom. The SMILES string of the molecule is CCCCc1ccc(-c2cccc(N)c2)o1. The van der Waals surface area contributed by atoms with Crippen molar-refractivity contribution in [1.82, 2.24) is 0 Å². The molecule has 0 saturated carbocycles. The number of anilines is 1. The number of hydrogen-bond acceptors (Lipinski definition) is 2. The van der Waals surface area contributed by atoms with E-state index in [0.717, 1.165) is 29.2 Å². The summed E-state index contributed by atoms with van der Waals surface area (Å²) in [6.45, 7) is 2.18. The number of furan rings is 1. The molecule has 2 rings (SSSR count). The molecule has 2 nitrogen and oxygen atoms in total. The molecule has 0 unspecified atom stereocenters. The molecule has 2 heteroatoms. The van der Waals surface area contributed by atoms with Gasteiger partial charge in [-0.05, 0) is 30.7 Å². The van der Waals surface area contributed by atoms with Gasteiger partial charge in [0.2, 0.25) is 0 Å². The predicted octanol–water partition coefficient (Wildman–Crippen LogP) is 3.87. The number of nitrogen functional groups attached to an aromatic ring is 1. The maximum Gasteiger partial charge on any atom is 0.134 e. The van der Waals surface area contributed by atoms with Crippen LogP contribution in [0.4, 0.5) is 5.69 Å². The number of nitrogens with two attached hydrogens (primary N) is 1. The Kier molecular flexibility index (Phi) is 3.30. The largest absolute Gasteiger partial charge is 0.461 e. The van der Waals surface area contributed by atoms with Crippen LogP contribution in [0, 0.1) is 0 Å². The Morgan fingerprint density at radius 3 is 2.81 bits per heavy atom. The molecule has 0 radical (unpaired) electrons. The van der Waals surface area contributed by atoms with Gasteiger partial charge in [-0.3, -0.25) is 0 Å². The van der Waals surface area contributed by atoms with Crippen molar-refractivity contribution in [2.45, 2.75) is 26.2 Å². The number of benzene rings is 1. The molecule has 0 saturated heterocycles. The average molecular weight is 215 g/mol. The molecular weight excluding hydrogens is 198 g/mol. The molecule has 16 heavy (non-hydrogen) atoms. The van der Waals surface area contributed by atoms with Gasteiger partial charge < -0.3 is 10.2 Å². The molecule has 0 atom stereocenters. The van der Waals surface area contributed by atoms with Gasteiger partial charge in [0.05, 0.1) is 0 Å². The van der Waals surface area contributed by atoms with Crippen LogP contribution in [-0.4, -0.2) is 0 Å². The van der Waals surface area contributed by atoms with Crippen molar-refractivity contribution >= 4 is 5.69 Å². The van der Waals surface area contributed by atoms with E-state index in [1.165, 1.54) is 12.8 Å². The van der Waals surface area contributed by atoms with Crippen LogP contribution in [0.1, 0.15) is 25.5 Å². The van der Waals surface area contributed by atoms with Crippen LogP contribution in [0.2, 0.25) is 0 Å². The molecule has 84 valence electrons. The van der Waals surface area contributed by atoms with Crippen LogP contribution in [-0.2, 0) is 6.42 Å². The fourth-order valence-electron chi connectivity index (χ4n) is 1.71. The van der Waals surface area contributed by atoms with E-state index in [4.69, 9.17) is 10.2 Å². The summed E-state index contributed by atoms with van der Waals surface area (Å²) >= 11 is 0. The third-order valence-electron chi connectivity index (χ3n) is 2.61.